The van der Waals surface area contributed by atoms with Crippen molar-refractivity contribution in [3.05, 3.63) is 35.1 Å². The monoisotopic (exact) mass is 185 g/mol. The number of benzene rings is 1. The maximum atomic E-state index is 12.6. The van der Waals surface area contributed by atoms with Crippen LogP contribution >= 0.6 is 11.8 Å². The highest BCUT2D eigenvalue weighted by atomic mass is 35.5. The van der Waals surface area contributed by atoms with Crippen LogP contribution in [0.3, 0.4) is 0 Å². The topological polar surface area (TPSA) is 20.3 Å². The number of hydrogen-bond acceptors (Lipinski definition) is 1. The van der Waals surface area contributed by atoms with Crippen LogP contribution in [0, 0.1) is 5.82 Å². The zero-order valence-corrected chi connectivity index (χ0v) is 6.81. The van der Waals surface area contributed by atoms with Gasteiger partial charge < -0.3 is 0 Å². The molecule has 2 rings (SSSR count). The number of amides is 1. The summed E-state index contributed by atoms with van der Waals surface area (Å²) in [6.07, 6.45) is 0. The molecule has 0 atom stereocenters. The normalized spacial score (nSPS) is 15.2. The largest absolute Gasteiger partial charge is 0.268 e. The Morgan fingerprint density at radius 2 is 2.25 bits per heavy atom. The van der Waals surface area contributed by atoms with E-state index >= 15 is 0 Å². The summed E-state index contributed by atoms with van der Waals surface area (Å²) in [5, 5.41) is 0. The third-order valence-corrected chi connectivity index (χ3v) is 2.10. The van der Waals surface area contributed by atoms with Crippen molar-refractivity contribution >= 4 is 17.7 Å². The van der Waals surface area contributed by atoms with Crippen molar-refractivity contribution < 1.29 is 9.18 Å². The first kappa shape index (κ1) is 7.55. The lowest BCUT2D eigenvalue weighted by Crippen LogP contribution is -2.10. The lowest BCUT2D eigenvalue weighted by molar-refractivity contribution is 0.0881. The fraction of sp³-hybridized carbons (Fsp3) is 0.125. The minimum atomic E-state index is -0.339. The summed E-state index contributed by atoms with van der Waals surface area (Å²) in [5.41, 5.74) is 1.14. The molecule has 0 aromatic heterocycles. The molecular formula is C8H5ClFNO. The Morgan fingerprint density at radius 1 is 1.50 bits per heavy atom. The van der Waals surface area contributed by atoms with Crippen molar-refractivity contribution in [2.75, 3.05) is 0 Å². The van der Waals surface area contributed by atoms with E-state index < -0.39 is 0 Å². The molecule has 1 aromatic carbocycles. The molecule has 12 heavy (non-hydrogen) atoms. The van der Waals surface area contributed by atoms with Crippen molar-refractivity contribution in [1.82, 2.24) is 4.42 Å². The van der Waals surface area contributed by atoms with E-state index in [4.69, 9.17) is 11.8 Å². The van der Waals surface area contributed by atoms with Crippen LogP contribution in [-0.2, 0) is 6.54 Å². The van der Waals surface area contributed by atoms with Crippen LogP contribution in [0.5, 0.6) is 0 Å². The fourth-order valence-corrected chi connectivity index (χ4v) is 1.47. The van der Waals surface area contributed by atoms with Gasteiger partial charge in [0.05, 0.1) is 6.54 Å². The predicted molar refractivity (Wildman–Crippen MR) is 42.1 cm³/mol. The molecule has 0 bridgehead atoms. The molecule has 0 unspecified atom stereocenters. The molecule has 2 nitrogen and oxygen atoms in total. The van der Waals surface area contributed by atoms with Crippen LogP contribution in [0.15, 0.2) is 18.2 Å². The standard InChI is InChI=1S/C8H5ClFNO/c9-11-4-5-3-6(10)1-2-7(5)8(11)12/h1-3H,4H2. The lowest BCUT2D eigenvalue weighted by atomic mass is 10.1. The maximum Gasteiger partial charge on any atom is 0.268 e. The summed E-state index contributed by atoms with van der Waals surface area (Å²) in [6.45, 7) is 0.285. The summed E-state index contributed by atoms with van der Waals surface area (Å²) in [6, 6.07) is 4.04. The third-order valence-electron chi connectivity index (χ3n) is 1.83. The van der Waals surface area contributed by atoms with Gasteiger partial charge in [-0.1, -0.05) is 0 Å². The van der Waals surface area contributed by atoms with Crippen LogP contribution in [0.2, 0.25) is 0 Å². The Balaban J connectivity index is 2.54. The number of carbonyl (C=O) groups is 1. The molecule has 1 aliphatic heterocycles. The molecule has 0 radical (unpaired) electrons. The van der Waals surface area contributed by atoms with Crippen molar-refractivity contribution in [2.45, 2.75) is 6.54 Å². The van der Waals surface area contributed by atoms with Crippen LogP contribution < -0.4 is 0 Å². The molecule has 1 aliphatic rings. The minimum Gasteiger partial charge on any atom is -0.268 e. The number of nitrogens with zero attached hydrogens (tertiary/aromatic N) is 1. The average molecular weight is 186 g/mol. The second-order valence-electron chi connectivity index (χ2n) is 2.63. The van der Waals surface area contributed by atoms with Gasteiger partial charge >= 0.3 is 0 Å². The van der Waals surface area contributed by atoms with Gasteiger partial charge in [0, 0.05) is 17.3 Å². The minimum absolute atomic E-state index is 0.258. The number of rotatable bonds is 0. The molecule has 0 N–H and O–H groups in total. The highest BCUT2D eigenvalue weighted by Gasteiger charge is 2.25. The molecule has 0 saturated carbocycles. The average Bonchev–Trinajstić information content (AvgIpc) is 2.28. The summed E-state index contributed by atoms with van der Waals surface area (Å²) in [7, 11) is 0. The highest BCUT2D eigenvalue weighted by molar-refractivity contribution is 6.25. The molecule has 0 aliphatic carbocycles. The SMILES string of the molecule is O=C1c2ccc(F)cc2CN1Cl. The van der Waals surface area contributed by atoms with E-state index in [1.165, 1.54) is 18.2 Å². The number of hydrogen-bond donors (Lipinski definition) is 0. The fourth-order valence-electron chi connectivity index (χ4n) is 1.25. The summed E-state index contributed by atoms with van der Waals surface area (Å²) >= 11 is 5.54. The first-order chi connectivity index (χ1) is 5.68. The van der Waals surface area contributed by atoms with Crippen LogP contribution in [0.1, 0.15) is 15.9 Å². The first-order valence-corrected chi connectivity index (χ1v) is 3.78. The Morgan fingerprint density at radius 3 is 3.00 bits per heavy atom. The molecule has 0 spiro atoms. The molecule has 1 aromatic rings. The molecule has 62 valence electrons. The highest BCUT2D eigenvalue weighted by Crippen LogP contribution is 2.24. The summed E-state index contributed by atoms with van der Waals surface area (Å²) in [4.78, 5) is 11.2. The zero-order chi connectivity index (χ0) is 8.72. The Labute approximate surface area is 73.7 Å². The van der Waals surface area contributed by atoms with E-state index in [1.807, 2.05) is 0 Å². The zero-order valence-electron chi connectivity index (χ0n) is 6.05. The molecule has 1 heterocycles. The van der Waals surface area contributed by atoms with Gasteiger partial charge in [0.15, 0.2) is 0 Å². The van der Waals surface area contributed by atoms with E-state index in [2.05, 4.69) is 0 Å². The second kappa shape index (κ2) is 2.45. The Kier molecular flexibility index (Phi) is 1.54. The number of carbonyl (C=O) groups excluding carboxylic acids is 1. The van der Waals surface area contributed by atoms with Crippen LogP contribution in [-0.4, -0.2) is 10.3 Å². The summed E-state index contributed by atoms with van der Waals surface area (Å²) in [5.74, 6) is -0.597. The smallest absolute Gasteiger partial charge is 0.268 e. The maximum absolute atomic E-state index is 12.6. The van der Waals surface area contributed by atoms with Gasteiger partial charge in [0.2, 0.25) is 0 Å². The third kappa shape index (κ3) is 0.975. The van der Waals surface area contributed by atoms with Gasteiger partial charge in [0.1, 0.15) is 5.82 Å². The molecule has 0 saturated heterocycles. The van der Waals surface area contributed by atoms with E-state index in [1.54, 1.807) is 0 Å². The van der Waals surface area contributed by atoms with Crippen molar-refractivity contribution in [2.24, 2.45) is 0 Å². The van der Waals surface area contributed by atoms with Crippen molar-refractivity contribution in [3.63, 3.8) is 0 Å². The quantitative estimate of drug-likeness (QED) is 0.566. The molecule has 1 amide bonds. The van der Waals surface area contributed by atoms with E-state index in [-0.39, 0.29) is 18.3 Å². The van der Waals surface area contributed by atoms with Crippen LogP contribution in [0.4, 0.5) is 4.39 Å². The van der Waals surface area contributed by atoms with Gasteiger partial charge in [-0.05, 0) is 23.8 Å². The first-order valence-electron chi connectivity index (χ1n) is 3.44. The van der Waals surface area contributed by atoms with Gasteiger partial charge in [0.25, 0.3) is 5.91 Å². The Hall–Kier alpha value is -1.09. The second-order valence-corrected chi connectivity index (χ2v) is 3.03. The lowest BCUT2D eigenvalue weighted by Gasteiger charge is -1.99. The summed E-state index contributed by atoms with van der Waals surface area (Å²) < 4.78 is 13.7. The van der Waals surface area contributed by atoms with Gasteiger partial charge in [-0.3, -0.25) is 4.79 Å². The number of fused-ring (bicyclic) bond motifs is 1. The van der Waals surface area contributed by atoms with Crippen molar-refractivity contribution in [3.8, 4) is 0 Å². The Bertz CT molecular complexity index is 353. The van der Waals surface area contributed by atoms with E-state index in [0.717, 1.165) is 4.42 Å². The number of halogens is 2. The van der Waals surface area contributed by atoms with Crippen LogP contribution in [0.25, 0.3) is 0 Å². The van der Waals surface area contributed by atoms with Crippen molar-refractivity contribution in [1.29, 1.82) is 0 Å². The van der Waals surface area contributed by atoms with Gasteiger partial charge in [-0.25, -0.2) is 8.81 Å². The van der Waals surface area contributed by atoms with Gasteiger partial charge in [-0.15, -0.1) is 0 Å². The van der Waals surface area contributed by atoms with E-state index in [0.29, 0.717) is 11.1 Å². The molecular weight excluding hydrogens is 181 g/mol. The van der Waals surface area contributed by atoms with Gasteiger partial charge in [-0.2, -0.15) is 0 Å². The predicted octanol–water partition coefficient (Wildman–Crippen LogP) is 1.94. The molecule has 0 fully saturated rings. The molecule has 4 heteroatoms. The van der Waals surface area contributed by atoms with E-state index in [9.17, 15) is 9.18 Å².